The van der Waals surface area contributed by atoms with E-state index in [1.165, 1.54) is 11.8 Å². The Morgan fingerprint density at radius 1 is 1.22 bits per heavy atom. The molecule has 8 nitrogen and oxygen atoms in total. The van der Waals surface area contributed by atoms with E-state index in [2.05, 4.69) is 26.4 Å². The van der Waals surface area contributed by atoms with Gasteiger partial charge in [0.15, 0.2) is 22.6 Å². The van der Waals surface area contributed by atoms with Crippen LogP contribution in [0.15, 0.2) is 56.8 Å². The molecule has 1 aromatic carbocycles. The van der Waals surface area contributed by atoms with Crippen molar-refractivity contribution in [3.05, 3.63) is 54.0 Å². The molecule has 0 amide bonds. The highest BCUT2D eigenvalue weighted by molar-refractivity contribution is 7.98. The molecule has 3 aromatic heterocycles. The molecule has 0 aliphatic carbocycles. The second-order valence-electron chi connectivity index (χ2n) is 5.52. The monoisotopic (exact) mass is 378 g/mol. The van der Waals surface area contributed by atoms with Gasteiger partial charge in [0.25, 0.3) is 5.89 Å². The minimum atomic E-state index is 0.385. The molecule has 4 rings (SSSR count). The number of hydrogen-bond acceptors (Lipinski definition) is 8. The Kier molecular flexibility index (Phi) is 4.72. The molecule has 0 saturated heterocycles. The SMILES string of the molecule is CCn1c(SCc2noc(-c3cccc(C#N)c3)n2)nnc1-c1ccco1. The third kappa shape index (κ3) is 3.47. The maximum atomic E-state index is 9.00. The van der Waals surface area contributed by atoms with Crippen LogP contribution in [0.3, 0.4) is 0 Å². The Balaban J connectivity index is 1.50. The van der Waals surface area contributed by atoms with E-state index in [9.17, 15) is 0 Å². The summed E-state index contributed by atoms with van der Waals surface area (Å²) in [5.41, 5.74) is 1.26. The van der Waals surface area contributed by atoms with E-state index in [0.717, 1.165) is 10.7 Å². The van der Waals surface area contributed by atoms with Crippen LogP contribution in [-0.4, -0.2) is 24.9 Å². The zero-order chi connectivity index (χ0) is 18.6. The molecule has 3 heterocycles. The molecular formula is C18H14N6O2S. The highest BCUT2D eigenvalue weighted by atomic mass is 32.2. The van der Waals surface area contributed by atoms with Gasteiger partial charge in [-0.05, 0) is 37.3 Å². The Bertz CT molecular complexity index is 1090. The van der Waals surface area contributed by atoms with Gasteiger partial charge in [0.1, 0.15) is 0 Å². The molecule has 0 radical (unpaired) electrons. The molecule has 4 aromatic rings. The average molecular weight is 378 g/mol. The van der Waals surface area contributed by atoms with Crippen LogP contribution in [0.4, 0.5) is 0 Å². The van der Waals surface area contributed by atoms with Crippen LogP contribution in [0.25, 0.3) is 23.0 Å². The summed E-state index contributed by atoms with van der Waals surface area (Å²) in [4.78, 5) is 4.40. The molecule has 134 valence electrons. The first-order valence-electron chi connectivity index (χ1n) is 8.21. The van der Waals surface area contributed by atoms with Crippen LogP contribution >= 0.6 is 11.8 Å². The maximum Gasteiger partial charge on any atom is 0.257 e. The van der Waals surface area contributed by atoms with E-state index < -0.39 is 0 Å². The van der Waals surface area contributed by atoms with Crippen molar-refractivity contribution in [1.82, 2.24) is 24.9 Å². The van der Waals surface area contributed by atoms with E-state index in [1.54, 1.807) is 24.5 Å². The lowest BCUT2D eigenvalue weighted by Gasteiger charge is -2.04. The lowest BCUT2D eigenvalue weighted by molar-refractivity contribution is 0.425. The Morgan fingerprint density at radius 2 is 2.15 bits per heavy atom. The first kappa shape index (κ1) is 17.1. The molecule has 27 heavy (non-hydrogen) atoms. The summed E-state index contributed by atoms with van der Waals surface area (Å²) < 4.78 is 12.7. The zero-order valence-corrected chi connectivity index (χ0v) is 15.2. The molecular weight excluding hydrogens is 364 g/mol. The van der Waals surface area contributed by atoms with Crippen molar-refractivity contribution in [2.75, 3.05) is 0 Å². The van der Waals surface area contributed by atoms with Gasteiger partial charge in [-0.1, -0.05) is 23.0 Å². The first-order valence-corrected chi connectivity index (χ1v) is 9.20. The minimum absolute atomic E-state index is 0.385. The summed E-state index contributed by atoms with van der Waals surface area (Å²) in [6.07, 6.45) is 1.61. The van der Waals surface area contributed by atoms with Crippen LogP contribution in [-0.2, 0) is 12.3 Å². The molecule has 0 fully saturated rings. The number of benzene rings is 1. The molecule has 0 unspecified atom stereocenters. The molecule has 0 atom stereocenters. The molecule has 0 bridgehead atoms. The lowest BCUT2D eigenvalue weighted by Crippen LogP contribution is -1.99. The van der Waals surface area contributed by atoms with Gasteiger partial charge >= 0.3 is 0 Å². The minimum Gasteiger partial charge on any atom is -0.461 e. The van der Waals surface area contributed by atoms with Crippen molar-refractivity contribution in [2.24, 2.45) is 0 Å². The summed E-state index contributed by atoms with van der Waals surface area (Å²) in [7, 11) is 0. The summed E-state index contributed by atoms with van der Waals surface area (Å²) in [5.74, 6) is 2.78. The van der Waals surface area contributed by atoms with Crippen LogP contribution in [0.2, 0.25) is 0 Å². The quantitative estimate of drug-likeness (QED) is 0.467. The van der Waals surface area contributed by atoms with Gasteiger partial charge in [-0.25, -0.2) is 0 Å². The first-order chi connectivity index (χ1) is 13.3. The van der Waals surface area contributed by atoms with Crippen molar-refractivity contribution < 1.29 is 8.94 Å². The summed E-state index contributed by atoms with van der Waals surface area (Å²) in [6.45, 7) is 2.73. The molecule has 0 aliphatic rings. The van der Waals surface area contributed by atoms with Crippen LogP contribution in [0, 0.1) is 11.3 Å². The van der Waals surface area contributed by atoms with Crippen molar-refractivity contribution in [3.8, 4) is 29.1 Å². The number of rotatable bonds is 6. The van der Waals surface area contributed by atoms with Crippen molar-refractivity contribution in [3.63, 3.8) is 0 Å². The smallest absolute Gasteiger partial charge is 0.257 e. The third-order valence-electron chi connectivity index (χ3n) is 3.81. The largest absolute Gasteiger partial charge is 0.461 e. The van der Waals surface area contributed by atoms with Gasteiger partial charge in [0.05, 0.1) is 23.6 Å². The Hall–Kier alpha value is -3.38. The highest BCUT2D eigenvalue weighted by Gasteiger charge is 2.16. The molecule has 0 N–H and O–H groups in total. The second kappa shape index (κ2) is 7.47. The van der Waals surface area contributed by atoms with E-state index >= 15 is 0 Å². The predicted molar refractivity (Wildman–Crippen MR) is 97.4 cm³/mol. The van der Waals surface area contributed by atoms with Crippen LogP contribution in [0.5, 0.6) is 0 Å². The molecule has 0 spiro atoms. The highest BCUT2D eigenvalue weighted by Crippen LogP contribution is 2.27. The number of nitrogens with zero attached hydrogens (tertiary/aromatic N) is 6. The second-order valence-corrected chi connectivity index (χ2v) is 6.47. The summed E-state index contributed by atoms with van der Waals surface area (Å²) in [6, 6.07) is 12.8. The zero-order valence-electron chi connectivity index (χ0n) is 14.4. The number of nitriles is 1. The van der Waals surface area contributed by atoms with Gasteiger partial charge in [-0.2, -0.15) is 10.2 Å². The maximum absolute atomic E-state index is 9.00. The van der Waals surface area contributed by atoms with Crippen LogP contribution in [0.1, 0.15) is 18.3 Å². The number of furan rings is 1. The predicted octanol–water partition coefficient (Wildman–Crippen LogP) is 3.77. The van der Waals surface area contributed by atoms with E-state index in [1.807, 2.05) is 29.7 Å². The van der Waals surface area contributed by atoms with Gasteiger partial charge in [0.2, 0.25) is 0 Å². The van der Waals surface area contributed by atoms with Gasteiger partial charge in [0, 0.05) is 12.1 Å². The molecule has 9 heteroatoms. The number of thioether (sulfide) groups is 1. The Morgan fingerprint density at radius 3 is 2.93 bits per heavy atom. The molecule has 0 saturated carbocycles. The standard InChI is InChI=1S/C18H14N6O2S/c1-2-24-16(14-7-4-8-25-14)21-22-18(24)27-11-15-20-17(26-23-15)13-6-3-5-12(9-13)10-19/h3-9H,2,11H2,1H3. The van der Waals surface area contributed by atoms with E-state index in [4.69, 9.17) is 14.2 Å². The average Bonchev–Trinajstić information content (AvgIpc) is 3.46. The van der Waals surface area contributed by atoms with Gasteiger partial charge < -0.3 is 8.94 Å². The van der Waals surface area contributed by atoms with Gasteiger partial charge in [-0.15, -0.1) is 10.2 Å². The summed E-state index contributed by atoms with van der Waals surface area (Å²) >= 11 is 1.47. The fourth-order valence-corrected chi connectivity index (χ4v) is 3.39. The number of hydrogen-bond donors (Lipinski definition) is 0. The topological polar surface area (TPSA) is 107 Å². The summed E-state index contributed by atoms with van der Waals surface area (Å²) in [5, 5.41) is 22.2. The number of aromatic nitrogens is 5. The normalized spacial score (nSPS) is 10.8. The van der Waals surface area contributed by atoms with Crippen molar-refractivity contribution >= 4 is 11.8 Å². The van der Waals surface area contributed by atoms with Crippen molar-refractivity contribution in [2.45, 2.75) is 24.4 Å². The Labute approximate surface area is 158 Å². The fourth-order valence-electron chi connectivity index (χ4n) is 2.55. The van der Waals surface area contributed by atoms with Crippen molar-refractivity contribution in [1.29, 1.82) is 5.26 Å². The fraction of sp³-hybridized carbons (Fsp3) is 0.167. The van der Waals surface area contributed by atoms with E-state index in [-0.39, 0.29) is 0 Å². The third-order valence-corrected chi connectivity index (χ3v) is 4.77. The molecule has 0 aliphatic heterocycles. The van der Waals surface area contributed by atoms with Crippen LogP contribution < -0.4 is 0 Å². The van der Waals surface area contributed by atoms with E-state index in [0.29, 0.717) is 41.2 Å². The van der Waals surface area contributed by atoms with Gasteiger partial charge in [-0.3, -0.25) is 4.57 Å². The lowest BCUT2D eigenvalue weighted by atomic mass is 10.1.